The van der Waals surface area contributed by atoms with Crippen molar-refractivity contribution in [3.63, 3.8) is 0 Å². The van der Waals surface area contributed by atoms with E-state index in [-0.39, 0.29) is 5.91 Å². The molecule has 1 amide bonds. The highest BCUT2D eigenvalue weighted by Gasteiger charge is 2.35. The number of rotatable bonds is 4. The Labute approximate surface area is 155 Å². The first-order valence-electron chi connectivity index (χ1n) is 8.74. The SMILES string of the molecule is Cc1nc(SCC(=O)NC2(C#N)CCCC2)c2c3c(sc2n1)CCC3. The number of aromatic nitrogens is 2. The van der Waals surface area contributed by atoms with Gasteiger partial charge in [-0.05, 0) is 57.4 Å². The molecule has 0 aromatic carbocycles. The van der Waals surface area contributed by atoms with Crippen molar-refractivity contribution >= 4 is 39.2 Å². The van der Waals surface area contributed by atoms with Gasteiger partial charge in [-0.2, -0.15) is 5.26 Å². The molecule has 130 valence electrons. The normalized spacial score (nSPS) is 18.2. The van der Waals surface area contributed by atoms with Crippen LogP contribution in [0.3, 0.4) is 0 Å². The molecule has 5 nitrogen and oxygen atoms in total. The van der Waals surface area contributed by atoms with Gasteiger partial charge in [0, 0.05) is 10.3 Å². The fourth-order valence-corrected chi connectivity index (χ4v) is 6.12. The Morgan fingerprint density at radius 3 is 2.88 bits per heavy atom. The molecule has 0 radical (unpaired) electrons. The minimum absolute atomic E-state index is 0.0789. The summed E-state index contributed by atoms with van der Waals surface area (Å²) in [6.07, 6.45) is 6.94. The standard InChI is InChI=1S/C18H20N4OS2/c1-11-20-16(15-12-5-4-6-13(12)25-17(15)21-11)24-9-14(23)22-18(10-19)7-2-3-8-18/h2-9H2,1H3,(H,22,23). The lowest BCUT2D eigenvalue weighted by molar-refractivity contribution is -0.119. The van der Waals surface area contributed by atoms with Crippen molar-refractivity contribution in [1.29, 1.82) is 5.26 Å². The van der Waals surface area contributed by atoms with E-state index in [9.17, 15) is 10.1 Å². The quantitative estimate of drug-likeness (QED) is 0.656. The number of hydrogen-bond donors (Lipinski definition) is 1. The number of nitrogens with one attached hydrogen (secondary N) is 1. The number of amides is 1. The van der Waals surface area contributed by atoms with E-state index in [1.807, 2.05) is 6.92 Å². The minimum atomic E-state index is -0.655. The molecule has 1 N–H and O–H groups in total. The maximum absolute atomic E-state index is 12.4. The highest BCUT2D eigenvalue weighted by atomic mass is 32.2. The van der Waals surface area contributed by atoms with Gasteiger partial charge in [0.05, 0.1) is 11.8 Å². The summed E-state index contributed by atoms with van der Waals surface area (Å²) in [5.74, 6) is 0.962. The first kappa shape index (κ1) is 16.8. The molecule has 0 bridgehead atoms. The zero-order valence-corrected chi connectivity index (χ0v) is 15.9. The molecule has 2 aliphatic rings. The Morgan fingerprint density at radius 1 is 1.32 bits per heavy atom. The summed E-state index contributed by atoms with van der Waals surface area (Å²) in [5, 5.41) is 14.4. The van der Waals surface area contributed by atoms with E-state index in [0.29, 0.717) is 5.75 Å². The van der Waals surface area contributed by atoms with Gasteiger partial charge in [0.2, 0.25) is 5.91 Å². The Kier molecular flexibility index (Phi) is 4.42. The molecule has 2 heterocycles. The molecule has 0 spiro atoms. The lowest BCUT2D eigenvalue weighted by atomic mass is 10.0. The fraction of sp³-hybridized carbons (Fsp3) is 0.556. The minimum Gasteiger partial charge on any atom is -0.337 e. The van der Waals surface area contributed by atoms with Gasteiger partial charge in [-0.25, -0.2) is 9.97 Å². The molecule has 7 heteroatoms. The van der Waals surface area contributed by atoms with Crippen LogP contribution in [0.5, 0.6) is 0 Å². The number of carbonyl (C=O) groups is 1. The van der Waals surface area contributed by atoms with E-state index in [1.54, 1.807) is 11.3 Å². The summed E-state index contributed by atoms with van der Waals surface area (Å²) < 4.78 is 0. The number of aryl methyl sites for hydroxylation is 3. The fourth-order valence-electron chi connectivity index (χ4n) is 3.85. The maximum Gasteiger partial charge on any atom is 0.231 e. The molecule has 0 saturated heterocycles. The molecule has 25 heavy (non-hydrogen) atoms. The van der Waals surface area contributed by atoms with Crippen molar-refractivity contribution in [2.45, 2.75) is 62.4 Å². The van der Waals surface area contributed by atoms with Crippen molar-refractivity contribution in [2.75, 3.05) is 5.75 Å². The van der Waals surface area contributed by atoms with Gasteiger partial charge >= 0.3 is 0 Å². The molecular weight excluding hydrogens is 352 g/mol. The predicted molar refractivity (Wildman–Crippen MR) is 99.9 cm³/mol. The average Bonchev–Trinajstić information content (AvgIpc) is 3.28. The highest BCUT2D eigenvalue weighted by molar-refractivity contribution is 8.00. The Hall–Kier alpha value is -1.65. The smallest absolute Gasteiger partial charge is 0.231 e. The van der Waals surface area contributed by atoms with Crippen molar-refractivity contribution in [1.82, 2.24) is 15.3 Å². The molecule has 2 aromatic rings. The van der Waals surface area contributed by atoms with Crippen molar-refractivity contribution in [3.05, 3.63) is 16.3 Å². The second kappa shape index (κ2) is 6.58. The largest absolute Gasteiger partial charge is 0.337 e. The second-order valence-electron chi connectivity index (χ2n) is 6.85. The molecule has 0 aliphatic heterocycles. The monoisotopic (exact) mass is 372 g/mol. The summed E-state index contributed by atoms with van der Waals surface area (Å²) in [7, 11) is 0. The zero-order chi connectivity index (χ0) is 17.4. The van der Waals surface area contributed by atoms with Crippen LogP contribution in [0, 0.1) is 18.3 Å². The van der Waals surface area contributed by atoms with Crippen LogP contribution in [0.25, 0.3) is 10.2 Å². The van der Waals surface area contributed by atoms with Crippen LogP contribution >= 0.6 is 23.1 Å². The van der Waals surface area contributed by atoms with Crippen molar-refractivity contribution in [2.24, 2.45) is 0 Å². The number of fused-ring (bicyclic) bond motifs is 3. The summed E-state index contributed by atoms with van der Waals surface area (Å²) in [4.78, 5) is 24.1. The summed E-state index contributed by atoms with van der Waals surface area (Å²) in [5.41, 5.74) is 0.727. The summed E-state index contributed by atoms with van der Waals surface area (Å²) in [6.45, 7) is 1.90. The van der Waals surface area contributed by atoms with Gasteiger partial charge < -0.3 is 5.32 Å². The van der Waals surface area contributed by atoms with Gasteiger partial charge in [0.25, 0.3) is 0 Å². The Bertz CT molecular complexity index is 877. The van der Waals surface area contributed by atoms with Gasteiger partial charge in [0.15, 0.2) is 0 Å². The third-order valence-corrected chi connectivity index (χ3v) is 7.19. The predicted octanol–water partition coefficient (Wildman–Crippen LogP) is 3.53. The van der Waals surface area contributed by atoms with E-state index in [2.05, 4.69) is 21.4 Å². The maximum atomic E-state index is 12.4. The highest BCUT2D eigenvalue weighted by Crippen LogP contribution is 2.40. The Balaban J connectivity index is 1.53. The topological polar surface area (TPSA) is 78.7 Å². The zero-order valence-electron chi connectivity index (χ0n) is 14.2. The number of nitriles is 1. The van der Waals surface area contributed by atoms with Crippen molar-refractivity contribution < 1.29 is 4.79 Å². The van der Waals surface area contributed by atoms with E-state index >= 15 is 0 Å². The summed E-state index contributed by atoms with van der Waals surface area (Å²) in [6, 6.07) is 2.31. The van der Waals surface area contributed by atoms with Crippen LogP contribution < -0.4 is 5.32 Å². The van der Waals surface area contributed by atoms with Crippen LogP contribution in [0.2, 0.25) is 0 Å². The average molecular weight is 373 g/mol. The Morgan fingerprint density at radius 2 is 2.12 bits per heavy atom. The van der Waals surface area contributed by atoms with Crippen LogP contribution in [0.15, 0.2) is 5.03 Å². The third-order valence-electron chi connectivity index (χ3n) is 5.03. The molecule has 4 rings (SSSR count). The first-order valence-corrected chi connectivity index (χ1v) is 10.5. The molecule has 1 fully saturated rings. The van der Waals surface area contributed by atoms with Crippen LogP contribution in [-0.2, 0) is 17.6 Å². The van der Waals surface area contributed by atoms with E-state index in [1.165, 1.54) is 28.6 Å². The van der Waals surface area contributed by atoms with Crippen LogP contribution in [0.4, 0.5) is 0 Å². The second-order valence-corrected chi connectivity index (χ2v) is 8.90. The first-order chi connectivity index (χ1) is 12.1. The molecular formula is C18H20N4OS2. The molecule has 0 atom stereocenters. The summed E-state index contributed by atoms with van der Waals surface area (Å²) >= 11 is 3.24. The lowest BCUT2D eigenvalue weighted by Crippen LogP contribution is -2.45. The van der Waals surface area contributed by atoms with Gasteiger partial charge in [0.1, 0.15) is 21.2 Å². The number of nitrogens with zero attached hydrogens (tertiary/aromatic N) is 3. The number of carbonyl (C=O) groups excluding carboxylic acids is 1. The van der Waals surface area contributed by atoms with Gasteiger partial charge in [-0.15, -0.1) is 11.3 Å². The number of thioether (sulfide) groups is 1. The molecule has 2 aromatic heterocycles. The van der Waals surface area contributed by atoms with Crippen LogP contribution in [0.1, 0.15) is 48.4 Å². The third kappa shape index (κ3) is 3.13. The molecule has 0 unspecified atom stereocenters. The van der Waals surface area contributed by atoms with E-state index in [0.717, 1.165) is 59.6 Å². The van der Waals surface area contributed by atoms with E-state index < -0.39 is 5.54 Å². The number of thiophene rings is 1. The van der Waals surface area contributed by atoms with Gasteiger partial charge in [-0.3, -0.25) is 4.79 Å². The lowest BCUT2D eigenvalue weighted by Gasteiger charge is -2.21. The van der Waals surface area contributed by atoms with Crippen molar-refractivity contribution in [3.8, 4) is 6.07 Å². The number of hydrogen-bond acceptors (Lipinski definition) is 6. The molecule has 1 saturated carbocycles. The van der Waals surface area contributed by atoms with Gasteiger partial charge in [-0.1, -0.05) is 11.8 Å². The van der Waals surface area contributed by atoms with E-state index in [4.69, 9.17) is 0 Å². The van der Waals surface area contributed by atoms with Crippen LogP contribution in [-0.4, -0.2) is 27.2 Å². The molecule has 2 aliphatic carbocycles.